The van der Waals surface area contributed by atoms with E-state index in [1.54, 1.807) is 51.5 Å². The summed E-state index contributed by atoms with van der Waals surface area (Å²) in [6, 6.07) is 14.3. The van der Waals surface area contributed by atoms with Gasteiger partial charge in [-0.1, -0.05) is 18.2 Å². The molecule has 2 aromatic carbocycles. The Kier molecular flexibility index (Phi) is 5.14. The van der Waals surface area contributed by atoms with Gasteiger partial charge < -0.3 is 9.47 Å². The molecule has 0 aromatic heterocycles. The molecule has 0 aliphatic rings. The summed E-state index contributed by atoms with van der Waals surface area (Å²) >= 11 is 0. The largest absolute Gasteiger partial charge is 0.497 e. The van der Waals surface area contributed by atoms with Crippen LogP contribution in [0.4, 0.5) is 0 Å². The Morgan fingerprint density at radius 1 is 1.05 bits per heavy atom. The van der Waals surface area contributed by atoms with Crippen molar-refractivity contribution in [1.29, 1.82) is 0 Å². The highest BCUT2D eigenvalue weighted by Crippen LogP contribution is 2.25. The fourth-order valence-electron chi connectivity index (χ4n) is 1.95. The van der Waals surface area contributed by atoms with Gasteiger partial charge in [0.05, 0.1) is 19.9 Å². The zero-order valence-electron chi connectivity index (χ0n) is 12.8. The molecule has 0 aliphatic carbocycles. The van der Waals surface area contributed by atoms with E-state index in [-0.39, 0.29) is 5.91 Å². The summed E-state index contributed by atoms with van der Waals surface area (Å²) in [5.41, 5.74) is 4.53. The van der Waals surface area contributed by atoms with Crippen LogP contribution in [0.25, 0.3) is 0 Å². The Labute approximate surface area is 129 Å². The van der Waals surface area contributed by atoms with Crippen LogP contribution in [-0.2, 0) is 0 Å². The number of hydrogen-bond acceptors (Lipinski definition) is 4. The van der Waals surface area contributed by atoms with Crippen molar-refractivity contribution in [2.75, 3.05) is 14.2 Å². The van der Waals surface area contributed by atoms with E-state index in [9.17, 15) is 4.79 Å². The summed E-state index contributed by atoms with van der Waals surface area (Å²) in [6.07, 6.45) is 0. The molecule has 0 heterocycles. The maximum absolute atomic E-state index is 12.0. The molecular formula is C17H18N2O3. The highest BCUT2D eigenvalue weighted by molar-refractivity contribution is 6.02. The van der Waals surface area contributed by atoms with Crippen LogP contribution in [-0.4, -0.2) is 25.8 Å². The van der Waals surface area contributed by atoms with Crippen LogP contribution >= 0.6 is 0 Å². The van der Waals surface area contributed by atoms with Gasteiger partial charge in [0.1, 0.15) is 11.5 Å². The third-order valence-electron chi connectivity index (χ3n) is 3.16. The van der Waals surface area contributed by atoms with E-state index < -0.39 is 0 Å². The number of rotatable bonds is 5. The predicted molar refractivity (Wildman–Crippen MR) is 85.7 cm³/mol. The molecule has 0 fully saturated rings. The zero-order chi connectivity index (χ0) is 15.9. The number of carbonyl (C=O) groups excluding carboxylic acids is 1. The Morgan fingerprint density at radius 2 is 1.77 bits per heavy atom. The van der Waals surface area contributed by atoms with Crippen LogP contribution in [0.5, 0.6) is 11.5 Å². The van der Waals surface area contributed by atoms with Crippen molar-refractivity contribution in [2.24, 2.45) is 5.10 Å². The van der Waals surface area contributed by atoms with Crippen molar-refractivity contribution in [1.82, 2.24) is 5.43 Å². The van der Waals surface area contributed by atoms with Crippen LogP contribution in [0.2, 0.25) is 0 Å². The van der Waals surface area contributed by atoms with E-state index in [1.807, 2.05) is 18.2 Å². The number of amides is 1. The summed E-state index contributed by atoms with van der Waals surface area (Å²) in [6.45, 7) is 1.80. The first kappa shape index (κ1) is 15.6. The molecular weight excluding hydrogens is 280 g/mol. The first-order valence-corrected chi connectivity index (χ1v) is 6.77. The van der Waals surface area contributed by atoms with Crippen molar-refractivity contribution in [3.63, 3.8) is 0 Å². The number of methoxy groups -OCH3 is 2. The number of hydrogen-bond donors (Lipinski definition) is 1. The van der Waals surface area contributed by atoms with Gasteiger partial charge in [0.2, 0.25) is 0 Å². The van der Waals surface area contributed by atoms with E-state index >= 15 is 0 Å². The van der Waals surface area contributed by atoms with E-state index in [4.69, 9.17) is 9.47 Å². The molecule has 5 nitrogen and oxygen atoms in total. The molecule has 2 aromatic rings. The van der Waals surface area contributed by atoms with Crippen molar-refractivity contribution in [3.05, 3.63) is 59.7 Å². The summed E-state index contributed by atoms with van der Waals surface area (Å²) in [5, 5.41) is 4.13. The second-order valence-electron chi connectivity index (χ2n) is 4.57. The van der Waals surface area contributed by atoms with Crippen LogP contribution in [0.1, 0.15) is 22.8 Å². The molecule has 0 saturated heterocycles. The highest BCUT2D eigenvalue weighted by atomic mass is 16.5. The molecule has 0 unspecified atom stereocenters. The highest BCUT2D eigenvalue weighted by Gasteiger charge is 2.09. The van der Waals surface area contributed by atoms with E-state index in [1.165, 1.54) is 0 Å². The fraction of sp³-hybridized carbons (Fsp3) is 0.176. The lowest BCUT2D eigenvalue weighted by atomic mass is 10.1. The Bertz CT molecular complexity index is 682. The van der Waals surface area contributed by atoms with Crippen LogP contribution in [0.15, 0.2) is 53.6 Å². The monoisotopic (exact) mass is 298 g/mol. The van der Waals surface area contributed by atoms with Crippen LogP contribution in [0, 0.1) is 0 Å². The zero-order valence-corrected chi connectivity index (χ0v) is 12.8. The van der Waals surface area contributed by atoms with Gasteiger partial charge in [0, 0.05) is 17.2 Å². The molecule has 0 bridgehead atoms. The minimum atomic E-state index is -0.257. The molecule has 0 atom stereocenters. The SMILES string of the molecule is COc1ccc(C(C)=NNC(=O)c2ccccc2)c(OC)c1. The normalized spacial score (nSPS) is 11.0. The van der Waals surface area contributed by atoms with Crippen molar-refractivity contribution >= 4 is 11.6 Å². The van der Waals surface area contributed by atoms with Crippen LogP contribution in [0.3, 0.4) is 0 Å². The molecule has 22 heavy (non-hydrogen) atoms. The van der Waals surface area contributed by atoms with Crippen molar-refractivity contribution in [3.8, 4) is 11.5 Å². The lowest BCUT2D eigenvalue weighted by Crippen LogP contribution is -2.19. The van der Waals surface area contributed by atoms with Crippen molar-refractivity contribution in [2.45, 2.75) is 6.92 Å². The van der Waals surface area contributed by atoms with Crippen molar-refractivity contribution < 1.29 is 14.3 Å². The molecule has 0 aliphatic heterocycles. The smallest absolute Gasteiger partial charge is 0.271 e. The first-order valence-electron chi connectivity index (χ1n) is 6.77. The first-order chi connectivity index (χ1) is 10.7. The minimum Gasteiger partial charge on any atom is -0.497 e. The quantitative estimate of drug-likeness (QED) is 0.682. The van der Waals surface area contributed by atoms with E-state index in [0.29, 0.717) is 22.8 Å². The molecule has 0 radical (unpaired) electrons. The fourth-order valence-corrected chi connectivity index (χ4v) is 1.95. The average Bonchev–Trinajstić information content (AvgIpc) is 2.59. The molecule has 0 saturated carbocycles. The second-order valence-corrected chi connectivity index (χ2v) is 4.57. The number of hydrazone groups is 1. The third kappa shape index (κ3) is 3.63. The van der Waals surface area contributed by atoms with Crippen LogP contribution < -0.4 is 14.9 Å². The van der Waals surface area contributed by atoms with Gasteiger partial charge >= 0.3 is 0 Å². The summed E-state index contributed by atoms with van der Waals surface area (Å²) < 4.78 is 10.5. The lowest BCUT2D eigenvalue weighted by molar-refractivity contribution is 0.0955. The van der Waals surface area contributed by atoms with Gasteiger partial charge in [-0.2, -0.15) is 5.10 Å². The number of benzene rings is 2. The number of nitrogens with one attached hydrogen (secondary N) is 1. The molecule has 0 spiro atoms. The maximum Gasteiger partial charge on any atom is 0.271 e. The standard InChI is InChI=1S/C17H18N2O3/c1-12(15-10-9-14(21-2)11-16(15)22-3)18-19-17(20)13-7-5-4-6-8-13/h4-11H,1-3H3,(H,19,20). The summed E-state index contributed by atoms with van der Waals surface area (Å²) in [7, 11) is 3.17. The number of carbonyl (C=O) groups is 1. The molecule has 2 rings (SSSR count). The maximum atomic E-state index is 12.0. The van der Waals surface area contributed by atoms with Gasteiger partial charge in [-0.3, -0.25) is 4.79 Å². The Balaban J connectivity index is 2.17. The number of ether oxygens (including phenoxy) is 2. The Morgan fingerprint density at radius 3 is 2.41 bits per heavy atom. The average molecular weight is 298 g/mol. The summed E-state index contributed by atoms with van der Waals surface area (Å²) in [4.78, 5) is 12.0. The van der Waals surface area contributed by atoms with E-state index in [2.05, 4.69) is 10.5 Å². The molecule has 114 valence electrons. The topological polar surface area (TPSA) is 59.9 Å². The number of nitrogens with zero attached hydrogens (tertiary/aromatic N) is 1. The molecule has 1 amide bonds. The van der Waals surface area contributed by atoms with E-state index in [0.717, 1.165) is 5.56 Å². The third-order valence-corrected chi connectivity index (χ3v) is 3.16. The summed E-state index contributed by atoms with van der Waals surface area (Å²) in [5.74, 6) is 1.07. The minimum absolute atomic E-state index is 0.257. The predicted octanol–water partition coefficient (Wildman–Crippen LogP) is 2.86. The van der Waals surface area contributed by atoms with Gasteiger partial charge in [-0.25, -0.2) is 5.43 Å². The van der Waals surface area contributed by atoms with Gasteiger partial charge in [0.15, 0.2) is 0 Å². The molecule has 5 heteroatoms. The second kappa shape index (κ2) is 7.26. The van der Waals surface area contributed by atoms with Gasteiger partial charge in [-0.15, -0.1) is 0 Å². The lowest BCUT2D eigenvalue weighted by Gasteiger charge is -2.10. The van der Waals surface area contributed by atoms with Gasteiger partial charge in [-0.05, 0) is 31.2 Å². The Hall–Kier alpha value is -2.82. The molecule has 1 N–H and O–H groups in total. The van der Waals surface area contributed by atoms with Gasteiger partial charge in [0.25, 0.3) is 5.91 Å².